The van der Waals surface area contributed by atoms with Crippen molar-refractivity contribution < 1.29 is 14.3 Å². The quantitative estimate of drug-likeness (QED) is 0.680. The van der Waals surface area contributed by atoms with Crippen LogP contribution in [0.4, 0.5) is 5.69 Å². The Kier molecular flexibility index (Phi) is 6.07. The second-order valence-corrected chi connectivity index (χ2v) is 6.38. The lowest BCUT2D eigenvalue weighted by Crippen LogP contribution is -2.23. The number of benzene rings is 3. The van der Waals surface area contributed by atoms with Gasteiger partial charge in [0, 0.05) is 23.4 Å². The van der Waals surface area contributed by atoms with E-state index < -0.39 is 0 Å². The van der Waals surface area contributed by atoms with E-state index in [4.69, 9.17) is 4.74 Å². The van der Waals surface area contributed by atoms with E-state index in [0.717, 1.165) is 16.9 Å². The fourth-order valence-corrected chi connectivity index (χ4v) is 2.71. The number of amides is 2. The molecule has 0 aromatic heterocycles. The molecule has 28 heavy (non-hydrogen) atoms. The third-order valence-corrected chi connectivity index (χ3v) is 4.40. The minimum Gasteiger partial charge on any atom is -0.497 e. The summed E-state index contributed by atoms with van der Waals surface area (Å²) in [5, 5.41) is 5.77. The zero-order valence-corrected chi connectivity index (χ0v) is 15.9. The summed E-state index contributed by atoms with van der Waals surface area (Å²) in [5.41, 5.74) is 3.53. The minimum atomic E-state index is -0.209. The zero-order chi connectivity index (χ0) is 19.9. The number of rotatable bonds is 6. The van der Waals surface area contributed by atoms with Crippen LogP contribution in [0.25, 0.3) is 0 Å². The molecule has 3 aromatic rings. The van der Waals surface area contributed by atoms with Gasteiger partial charge in [-0.1, -0.05) is 36.4 Å². The predicted octanol–water partition coefficient (Wildman–Crippen LogP) is 4.19. The van der Waals surface area contributed by atoms with Gasteiger partial charge in [-0.15, -0.1) is 0 Å². The highest BCUT2D eigenvalue weighted by Crippen LogP contribution is 2.18. The Hall–Kier alpha value is -3.60. The molecule has 0 aliphatic heterocycles. The minimum absolute atomic E-state index is 0.203. The summed E-state index contributed by atoms with van der Waals surface area (Å²) in [7, 11) is 1.61. The van der Waals surface area contributed by atoms with Crippen molar-refractivity contribution in [1.82, 2.24) is 5.32 Å². The molecular formula is C23H22N2O3. The van der Waals surface area contributed by atoms with Crippen LogP contribution in [-0.4, -0.2) is 18.9 Å². The molecule has 0 fully saturated rings. The number of hydrogen-bond acceptors (Lipinski definition) is 3. The van der Waals surface area contributed by atoms with Crippen LogP contribution < -0.4 is 15.4 Å². The molecule has 0 spiro atoms. The summed E-state index contributed by atoms with van der Waals surface area (Å²) in [6.07, 6.45) is 0. The Morgan fingerprint density at radius 2 is 1.57 bits per heavy atom. The van der Waals surface area contributed by atoms with Gasteiger partial charge in [-0.3, -0.25) is 9.59 Å². The summed E-state index contributed by atoms with van der Waals surface area (Å²) < 4.78 is 5.13. The molecule has 0 saturated carbocycles. The zero-order valence-electron chi connectivity index (χ0n) is 15.9. The van der Waals surface area contributed by atoms with Crippen molar-refractivity contribution in [3.05, 3.63) is 95.1 Å². The molecule has 2 amide bonds. The van der Waals surface area contributed by atoms with E-state index >= 15 is 0 Å². The molecule has 142 valence electrons. The number of aryl methyl sites for hydroxylation is 1. The standard InChI is InChI=1S/C23H22N2O3/c1-16-8-11-19(14-21(16)25-23(27)18-6-4-3-5-7-18)22(26)24-15-17-9-12-20(28-2)13-10-17/h3-14H,15H2,1-2H3,(H,24,26)(H,25,27). The molecule has 3 rings (SSSR count). The highest BCUT2D eigenvalue weighted by molar-refractivity contribution is 6.05. The van der Waals surface area contributed by atoms with E-state index in [1.165, 1.54) is 0 Å². The van der Waals surface area contributed by atoms with Gasteiger partial charge < -0.3 is 15.4 Å². The summed E-state index contributed by atoms with van der Waals surface area (Å²) in [5.74, 6) is 0.359. The number of anilines is 1. The molecule has 0 atom stereocenters. The highest BCUT2D eigenvalue weighted by Gasteiger charge is 2.11. The molecule has 5 nitrogen and oxygen atoms in total. The number of nitrogens with one attached hydrogen (secondary N) is 2. The monoisotopic (exact) mass is 374 g/mol. The van der Waals surface area contributed by atoms with Gasteiger partial charge in [0.05, 0.1) is 7.11 Å². The summed E-state index contributed by atoms with van der Waals surface area (Å²) in [6.45, 7) is 2.29. The first kappa shape index (κ1) is 19.2. The van der Waals surface area contributed by atoms with Crippen LogP contribution in [0, 0.1) is 6.92 Å². The SMILES string of the molecule is COc1ccc(CNC(=O)c2ccc(C)c(NC(=O)c3ccccc3)c2)cc1. The number of ether oxygens (including phenoxy) is 1. The number of carbonyl (C=O) groups is 2. The second-order valence-electron chi connectivity index (χ2n) is 6.38. The fraction of sp³-hybridized carbons (Fsp3) is 0.130. The van der Waals surface area contributed by atoms with Crippen LogP contribution >= 0.6 is 0 Å². The lowest BCUT2D eigenvalue weighted by molar-refractivity contribution is 0.0949. The number of carbonyl (C=O) groups excluding carboxylic acids is 2. The lowest BCUT2D eigenvalue weighted by atomic mass is 10.1. The number of methoxy groups -OCH3 is 1. The maximum Gasteiger partial charge on any atom is 0.255 e. The van der Waals surface area contributed by atoms with Gasteiger partial charge in [0.25, 0.3) is 11.8 Å². The average Bonchev–Trinajstić information content (AvgIpc) is 2.74. The Morgan fingerprint density at radius 1 is 0.857 bits per heavy atom. The van der Waals surface area contributed by atoms with Gasteiger partial charge in [-0.2, -0.15) is 0 Å². The van der Waals surface area contributed by atoms with Crippen molar-refractivity contribution in [2.24, 2.45) is 0 Å². The molecule has 0 unspecified atom stereocenters. The van der Waals surface area contributed by atoms with Gasteiger partial charge >= 0.3 is 0 Å². The van der Waals surface area contributed by atoms with Crippen LogP contribution in [0.1, 0.15) is 31.8 Å². The highest BCUT2D eigenvalue weighted by atomic mass is 16.5. The molecule has 0 saturated heterocycles. The van der Waals surface area contributed by atoms with E-state index in [1.54, 1.807) is 31.4 Å². The number of hydrogen-bond donors (Lipinski definition) is 2. The van der Waals surface area contributed by atoms with Crippen molar-refractivity contribution in [1.29, 1.82) is 0 Å². The van der Waals surface area contributed by atoms with Gasteiger partial charge in [0.2, 0.25) is 0 Å². The average molecular weight is 374 g/mol. The van der Waals surface area contributed by atoms with Crippen LogP contribution in [0.5, 0.6) is 5.75 Å². The first-order valence-electron chi connectivity index (χ1n) is 8.95. The molecule has 5 heteroatoms. The molecule has 0 radical (unpaired) electrons. The molecule has 0 aliphatic rings. The topological polar surface area (TPSA) is 67.4 Å². The summed E-state index contributed by atoms with van der Waals surface area (Å²) in [6, 6.07) is 21.7. The largest absolute Gasteiger partial charge is 0.497 e. The molecule has 0 bridgehead atoms. The van der Waals surface area contributed by atoms with Crippen molar-refractivity contribution >= 4 is 17.5 Å². The van der Waals surface area contributed by atoms with Crippen molar-refractivity contribution in [2.45, 2.75) is 13.5 Å². The molecular weight excluding hydrogens is 352 g/mol. The predicted molar refractivity (Wildman–Crippen MR) is 110 cm³/mol. The molecule has 0 heterocycles. The van der Waals surface area contributed by atoms with Crippen LogP contribution in [0.3, 0.4) is 0 Å². The van der Waals surface area contributed by atoms with Gasteiger partial charge in [-0.05, 0) is 54.4 Å². The van der Waals surface area contributed by atoms with Crippen molar-refractivity contribution in [3.63, 3.8) is 0 Å². The Morgan fingerprint density at radius 3 is 2.25 bits per heavy atom. The Balaban J connectivity index is 1.67. The summed E-state index contributed by atoms with van der Waals surface area (Å²) >= 11 is 0. The molecule has 2 N–H and O–H groups in total. The Labute approximate surface area is 164 Å². The van der Waals surface area contributed by atoms with E-state index in [-0.39, 0.29) is 11.8 Å². The normalized spacial score (nSPS) is 10.2. The van der Waals surface area contributed by atoms with Crippen molar-refractivity contribution in [3.8, 4) is 5.75 Å². The first-order valence-corrected chi connectivity index (χ1v) is 8.95. The maximum atomic E-state index is 12.5. The fourth-order valence-electron chi connectivity index (χ4n) is 2.71. The summed E-state index contributed by atoms with van der Waals surface area (Å²) in [4.78, 5) is 24.9. The van der Waals surface area contributed by atoms with E-state index in [0.29, 0.717) is 23.4 Å². The van der Waals surface area contributed by atoms with Crippen LogP contribution in [0.2, 0.25) is 0 Å². The second kappa shape index (κ2) is 8.86. The van der Waals surface area contributed by atoms with E-state index in [9.17, 15) is 9.59 Å². The van der Waals surface area contributed by atoms with E-state index in [2.05, 4.69) is 10.6 Å². The van der Waals surface area contributed by atoms with Crippen LogP contribution in [0.15, 0.2) is 72.8 Å². The third-order valence-electron chi connectivity index (χ3n) is 4.40. The van der Waals surface area contributed by atoms with E-state index in [1.807, 2.05) is 55.5 Å². The maximum absolute atomic E-state index is 12.5. The lowest BCUT2D eigenvalue weighted by Gasteiger charge is -2.11. The molecule has 3 aromatic carbocycles. The van der Waals surface area contributed by atoms with Gasteiger partial charge in [0.1, 0.15) is 5.75 Å². The Bertz CT molecular complexity index is 967. The van der Waals surface area contributed by atoms with Crippen molar-refractivity contribution in [2.75, 3.05) is 12.4 Å². The molecule has 0 aliphatic carbocycles. The van der Waals surface area contributed by atoms with Crippen LogP contribution in [-0.2, 0) is 6.54 Å². The third kappa shape index (κ3) is 4.76. The van der Waals surface area contributed by atoms with Gasteiger partial charge in [-0.25, -0.2) is 0 Å². The van der Waals surface area contributed by atoms with Gasteiger partial charge in [0.15, 0.2) is 0 Å². The smallest absolute Gasteiger partial charge is 0.255 e. The first-order chi connectivity index (χ1) is 13.6.